The molecule has 0 amide bonds. The Balaban J connectivity index is 1.12. The zero-order valence-electron chi connectivity index (χ0n) is 77.6. The quantitative estimate of drug-likeness (QED) is 0.0341. The molecule has 0 aliphatic rings. The molecule has 0 aliphatic carbocycles. The minimum atomic E-state index is -8.17. The Morgan fingerprint density at radius 3 is 0.248 bits per heavy atom. The molecule has 672 valence electrons. The van der Waals surface area contributed by atoms with Crippen molar-refractivity contribution in [3.8, 4) is 0 Å². The van der Waals surface area contributed by atoms with E-state index in [1.54, 1.807) is 0 Å². The normalized spacial score (nSPS) is 13.0. The van der Waals surface area contributed by atoms with Crippen LogP contribution in [-0.4, -0.2) is 102 Å². The fourth-order valence-electron chi connectivity index (χ4n) is 18.6. The van der Waals surface area contributed by atoms with Crippen molar-refractivity contribution in [3.63, 3.8) is 0 Å². The van der Waals surface area contributed by atoms with Gasteiger partial charge in [0, 0.05) is 0 Å². The van der Waals surface area contributed by atoms with E-state index in [4.69, 9.17) is 32.9 Å². The Bertz CT molecular complexity index is 4890. The molecule has 16 aromatic carbocycles. The molecular weight excluding hydrogens is 1970 g/mol. The summed E-state index contributed by atoms with van der Waals surface area (Å²) in [6, 6.07) is 169. The van der Waals surface area contributed by atoms with Gasteiger partial charge in [-0.05, 0) is 0 Å². The Morgan fingerprint density at radius 2 is 0.180 bits per heavy atom. The van der Waals surface area contributed by atoms with E-state index in [0.29, 0.717) is 0 Å². The average molecular weight is 2080 g/mol. The van der Waals surface area contributed by atoms with Gasteiger partial charge in [-0.15, -0.1) is 0 Å². The Hall–Kier alpha value is -8.98. The first-order valence-electron chi connectivity index (χ1n) is 45.5. The summed E-state index contributed by atoms with van der Waals surface area (Å²) in [4.78, 5) is 0. The van der Waals surface area contributed by atoms with Crippen LogP contribution in [0.5, 0.6) is 0 Å². The fraction of sp³-hybridized carbons (Fsp3) is 0.111. The topological polar surface area (TPSA) is 111 Å². The molecule has 133 heavy (non-hydrogen) atoms. The fourth-order valence-corrected chi connectivity index (χ4v) is 106. The van der Waals surface area contributed by atoms with Crippen LogP contribution in [0, 0.1) is 35.8 Å². The standard InChI is InChI=1S/4C27H29O3Si3.Ce/c4*1-31(24-16-8-4-9-17-24,25-18-10-5-11-19-25)29-33(3,28)30-32(2,26-20-12-6-13-21-26)27-22-14-7-15-23-27;/h4*4-23H,1-3H3;/q4*-1;+4. The van der Waals surface area contributed by atoms with Crippen molar-refractivity contribution < 1.29 is 71.2 Å². The monoisotopic (exact) mass is 2080 g/mol. The molecule has 0 spiro atoms. The molecular formula is C108H116CeO12Si12. The third kappa shape index (κ3) is 21.9. The Kier molecular flexibility index (Phi) is 30.6. The van der Waals surface area contributed by atoms with Gasteiger partial charge in [-0.2, -0.15) is 0 Å². The van der Waals surface area contributed by atoms with Gasteiger partial charge >= 0.3 is 820 Å². The van der Waals surface area contributed by atoms with E-state index in [0.717, 1.165) is 83.0 Å². The maximum absolute atomic E-state index is 9.58. The van der Waals surface area contributed by atoms with E-state index in [1.807, 2.05) is 0 Å². The van der Waals surface area contributed by atoms with Gasteiger partial charge in [-0.25, -0.2) is 0 Å². The minimum absolute atomic E-state index is 0.947. The molecule has 0 atom stereocenters. The van der Waals surface area contributed by atoms with Gasteiger partial charge in [-0.1, -0.05) is 0 Å². The summed E-state index contributed by atoms with van der Waals surface area (Å²) in [6.45, 7) is 26.3. The number of rotatable bonds is 40. The van der Waals surface area contributed by atoms with Gasteiger partial charge in [0.25, 0.3) is 0 Å². The van der Waals surface area contributed by atoms with E-state index in [1.165, 1.54) is 0 Å². The summed E-state index contributed by atoms with van der Waals surface area (Å²) in [6.07, 6.45) is 0. The van der Waals surface area contributed by atoms with Crippen molar-refractivity contribution in [3.05, 3.63) is 485 Å². The van der Waals surface area contributed by atoms with E-state index in [9.17, 15) is 2.56 Å². The maximum atomic E-state index is 9.58. The van der Waals surface area contributed by atoms with Crippen LogP contribution < -0.4 is 83.0 Å². The molecule has 0 fully saturated rings. The molecule has 25 heteroatoms. The predicted octanol–water partition coefficient (Wildman–Crippen LogP) is 15.4. The molecule has 0 N–H and O–H groups in total. The van der Waals surface area contributed by atoms with Crippen LogP contribution in [0.3, 0.4) is 0 Å². The van der Waals surface area contributed by atoms with Gasteiger partial charge in [0.2, 0.25) is 0 Å². The second kappa shape index (κ2) is 41.9. The van der Waals surface area contributed by atoms with Crippen molar-refractivity contribution in [1.82, 2.24) is 0 Å². The summed E-state index contributed by atoms with van der Waals surface area (Å²) in [5.74, 6) is 0. The van der Waals surface area contributed by atoms with E-state index < -0.39 is 138 Å². The van der Waals surface area contributed by atoms with Crippen molar-refractivity contribution in [1.29, 1.82) is 0 Å². The van der Waals surface area contributed by atoms with Gasteiger partial charge < -0.3 is 0 Å². The summed E-state index contributed by atoms with van der Waals surface area (Å²) in [7, 11) is -51.7. The van der Waals surface area contributed by atoms with Crippen LogP contribution in [-0.2, 0) is 35.5 Å². The van der Waals surface area contributed by atoms with Crippen molar-refractivity contribution >= 4 is 185 Å². The summed E-state index contributed by atoms with van der Waals surface area (Å²) in [5.41, 5.74) is 0. The van der Waals surface area contributed by atoms with Crippen molar-refractivity contribution in [2.24, 2.45) is 0 Å². The van der Waals surface area contributed by atoms with E-state index in [-0.39, 0.29) is 0 Å². The SMILES string of the molecule is C[Si](O[Si](C)(c1ccccc1)c1ccccc1)(O[Si](C)(c1ccccc1)c1ccccc1)[O][Ce]([O][Si](C)(O[Si](C)(c1ccccc1)c1ccccc1)O[Si](C)(c1ccccc1)c1ccccc1)([O][Si](C)(O[Si](C)(c1ccccc1)c1ccccc1)O[Si](C)(c1ccccc1)c1ccccc1)[O][Si](C)(O[Si](C)(c1ccccc1)c1ccccc1)O[Si](C)(c1ccccc1)c1ccccc1. The zero-order valence-corrected chi connectivity index (χ0v) is 92.7. The van der Waals surface area contributed by atoms with Crippen LogP contribution in [0.2, 0.25) is 78.6 Å². The second-order valence-electron chi connectivity index (χ2n) is 35.3. The number of hydrogen-bond donors (Lipinski definition) is 0. The van der Waals surface area contributed by atoms with E-state index >= 15 is 0 Å². The molecule has 0 saturated carbocycles. The van der Waals surface area contributed by atoms with Crippen LogP contribution in [0.4, 0.5) is 0 Å². The molecule has 0 unspecified atom stereocenters. The van der Waals surface area contributed by atoms with Crippen LogP contribution in [0.15, 0.2) is 485 Å². The second-order valence-corrected chi connectivity index (χ2v) is 86.1. The molecule has 16 aromatic rings. The van der Waals surface area contributed by atoms with Gasteiger partial charge in [0.05, 0.1) is 0 Å². The van der Waals surface area contributed by atoms with Gasteiger partial charge in [-0.3, -0.25) is 0 Å². The molecule has 16 rings (SSSR count). The molecule has 0 aromatic heterocycles. The van der Waals surface area contributed by atoms with Crippen molar-refractivity contribution in [2.45, 2.75) is 78.6 Å². The zero-order chi connectivity index (χ0) is 92.8. The van der Waals surface area contributed by atoms with Crippen molar-refractivity contribution in [2.75, 3.05) is 0 Å². The Morgan fingerprint density at radius 1 is 0.113 bits per heavy atom. The molecule has 0 radical (unpaired) electrons. The van der Waals surface area contributed by atoms with Crippen LogP contribution in [0.25, 0.3) is 0 Å². The molecule has 0 heterocycles. The molecule has 12 nitrogen and oxygen atoms in total. The molecule has 0 aliphatic heterocycles. The predicted molar refractivity (Wildman–Crippen MR) is 570 cm³/mol. The first kappa shape index (κ1) is 97.1. The first-order valence-corrected chi connectivity index (χ1v) is 78.8. The molecule has 0 bridgehead atoms. The molecule has 0 saturated heterocycles. The summed E-state index contributed by atoms with van der Waals surface area (Å²) in [5, 5.41) is 15.1. The third-order valence-electron chi connectivity index (χ3n) is 25.6. The van der Waals surface area contributed by atoms with Gasteiger partial charge in [0.1, 0.15) is 0 Å². The number of benzene rings is 16. The Labute approximate surface area is 811 Å². The first-order chi connectivity index (χ1) is 64.2. The van der Waals surface area contributed by atoms with Crippen LogP contribution in [0.1, 0.15) is 0 Å². The summed E-state index contributed by atoms with van der Waals surface area (Å²) >= 11 is -8.17. The number of hydrogen-bond acceptors (Lipinski definition) is 12. The van der Waals surface area contributed by atoms with Crippen LogP contribution >= 0.6 is 0 Å². The van der Waals surface area contributed by atoms with E-state index in [2.05, 4.69) is 564 Å². The van der Waals surface area contributed by atoms with Gasteiger partial charge in [0.15, 0.2) is 0 Å². The summed E-state index contributed by atoms with van der Waals surface area (Å²) < 4.78 is 110. The average Bonchev–Trinajstić information content (AvgIpc) is 0.718. The third-order valence-corrected chi connectivity index (χ3v) is 99.3.